The van der Waals surface area contributed by atoms with Gasteiger partial charge in [0.25, 0.3) is 0 Å². The molecule has 6 heteroatoms. The zero-order valence-corrected chi connectivity index (χ0v) is 12.5. The van der Waals surface area contributed by atoms with Crippen molar-refractivity contribution in [2.45, 2.75) is 38.8 Å². The zero-order valence-electron chi connectivity index (χ0n) is 12.5. The lowest BCUT2D eigenvalue weighted by molar-refractivity contribution is -0.136. The van der Waals surface area contributed by atoms with Crippen molar-refractivity contribution >= 4 is 11.8 Å². The Balaban J connectivity index is 2.67. The number of benzene rings is 1. The SMILES string of the molecule is CC(C)N(CCc1ccc(O)cc1)C(=O)[C@H](N)CC(N)=O. The summed E-state index contributed by atoms with van der Waals surface area (Å²) < 4.78 is 0. The Bertz CT molecular complexity index is 485. The predicted molar refractivity (Wildman–Crippen MR) is 80.4 cm³/mol. The number of primary amides is 1. The van der Waals surface area contributed by atoms with Gasteiger partial charge in [0.15, 0.2) is 0 Å². The van der Waals surface area contributed by atoms with Gasteiger partial charge in [0.2, 0.25) is 11.8 Å². The summed E-state index contributed by atoms with van der Waals surface area (Å²) in [6.07, 6.45) is 0.495. The third-order valence-corrected chi connectivity index (χ3v) is 3.22. The second-order valence-electron chi connectivity index (χ2n) is 5.32. The van der Waals surface area contributed by atoms with E-state index >= 15 is 0 Å². The second-order valence-corrected chi connectivity index (χ2v) is 5.32. The Labute approximate surface area is 124 Å². The van der Waals surface area contributed by atoms with Crippen molar-refractivity contribution in [3.05, 3.63) is 29.8 Å². The normalized spacial score (nSPS) is 12.2. The van der Waals surface area contributed by atoms with E-state index in [2.05, 4.69) is 0 Å². The van der Waals surface area contributed by atoms with E-state index in [1.807, 2.05) is 26.0 Å². The summed E-state index contributed by atoms with van der Waals surface area (Å²) >= 11 is 0. The topological polar surface area (TPSA) is 110 Å². The van der Waals surface area contributed by atoms with Crippen LogP contribution in [0.4, 0.5) is 0 Å². The predicted octanol–water partition coefficient (Wildman–Crippen LogP) is 0.374. The fourth-order valence-corrected chi connectivity index (χ4v) is 2.05. The molecular formula is C15H23N3O3. The van der Waals surface area contributed by atoms with E-state index in [0.717, 1.165) is 5.56 Å². The molecule has 6 nitrogen and oxygen atoms in total. The van der Waals surface area contributed by atoms with Crippen LogP contribution in [0.25, 0.3) is 0 Å². The summed E-state index contributed by atoms with van der Waals surface area (Å²) in [7, 11) is 0. The molecule has 21 heavy (non-hydrogen) atoms. The van der Waals surface area contributed by atoms with E-state index < -0.39 is 11.9 Å². The lowest BCUT2D eigenvalue weighted by Gasteiger charge is -2.29. The average Bonchev–Trinajstić information content (AvgIpc) is 2.39. The van der Waals surface area contributed by atoms with Gasteiger partial charge >= 0.3 is 0 Å². The highest BCUT2D eigenvalue weighted by Crippen LogP contribution is 2.12. The Hall–Kier alpha value is -2.08. The maximum atomic E-state index is 12.2. The van der Waals surface area contributed by atoms with Crippen LogP contribution >= 0.6 is 0 Å². The van der Waals surface area contributed by atoms with Gasteiger partial charge < -0.3 is 21.5 Å². The summed E-state index contributed by atoms with van der Waals surface area (Å²) in [5, 5.41) is 9.24. The highest BCUT2D eigenvalue weighted by Gasteiger charge is 2.24. The van der Waals surface area contributed by atoms with Gasteiger partial charge in [-0.3, -0.25) is 9.59 Å². The van der Waals surface area contributed by atoms with Crippen molar-refractivity contribution in [2.75, 3.05) is 6.54 Å². The molecule has 0 bridgehead atoms. The summed E-state index contributed by atoms with van der Waals surface area (Å²) in [5.41, 5.74) is 11.8. The third-order valence-electron chi connectivity index (χ3n) is 3.22. The summed E-state index contributed by atoms with van der Waals surface area (Å²) in [6.45, 7) is 4.28. The number of carbonyl (C=O) groups is 2. The van der Waals surface area contributed by atoms with E-state index in [0.29, 0.717) is 13.0 Å². The first-order valence-electron chi connectivity index (χ1n) is 6.93. The quantitative estimate of drug-likeness (QED) is 0.674. The smallest absolute Gasteiger partial charge is 0.240 e. The first-order valence-corrected chi connectivity index (χ1v) is 6.93. The minimum atomic E-state index is -0.898. The van der Waals surface area contributed by atoms with E-state index in [4.69, 9.17) is 11.5 Å². The zero-order chi connectivity index (χ0) is 16.0. The molecule has 0 saturated heterocycles. The number of nitrogens with two attached hydrogens (primary N) is 2. The van der Waals surface area contributed by atoms with Crippen LogP contribution in [-0.4, -0.2) is 40.4 Å². The highest BCUT2D eigenvalue weighted by atomic mass is 16.3. The molecule has 0 aliphatic heterocycles. The molecule has 1 aromatic carbocycles. The molecular weight excluding hydrogens is 270 g/mol. The molecule has 0 unspecified atom stereocenters. The number of amides is 2. The van der Waals surface area contributed by atoms with Gasteiger partial charge in [-0.05, 0) is 38.0 Å². The van der Waals surface area contributed by atoms with Crippen LogP contribution in [0.5, 0.6) is 5.75 Å². The summed E-state index contributed by atoms with van der Waals surface area (Å²) in [5.74, 6) is -0.653. The molecule has 1 aromatic rings. The molecule has 0 aliphatic carbocycles. The molecule has 0 heterocycles. The largest absolute Gasteiger partial charge is 0.508 e. The Morgan fingerprint density at radius 2 is 1.81 bits per heavy atom. The average molecular weight is 293 g/mol. The number of phenolic OH excluding ortho intramolecular Hbond substituents is 1. The number of rotatable bonds is 7. The maximum absolute atomic E-state index is 12.2. The monoisotopic (exact) mass is 293 g/mol. The molecule has 116 valence electrons. The van der Waals surface area contributed by atoms with Crippen LogP contribution in [0.15, 0.2) is 24.3 Å². The van der Waals surface area contributed by atoms with Crippen LogP contribution in [-0.2, 0) is 16.0 Å². The first-order chi connectivity index (χ1) is 9.81. The van der Waals surface area contributed by atoms with E-state index in [9.17, 15) is 14.7 Å². The molecule has 0 saturated carbocycles. The van der Waals surface area contributed by atoms with Crippen LogP contribution < -0.4 is 11.5 Å². The number of hydrogen-bond acceptors (Lipinski definition) is 4. The van der Waals surface area contributed by atoms with Gasteiger partial charge in [-0.15, -0.1) is 0 Å². The van der Waals surface area contributed by atoms with Crippen molar-refractivity contribution in [3.8, 4) is 5.75 Å². The number of nitrogens with zero attached hydrogens (tertiary/aromatic N) is 1. The Morgan fingerprint density at radius 3 is 2.29 bits per heavy atom. The Kier molecular flexibility index (Phi) is 6.17. The van der Waals surface area contributed by atoms with E-state index in [1.54, 1.807) is 17.0 Å². The minimum absolute atomic E-state index is 0.0199. The Morgan fingerprint density at radius 1 is 1.24 bits per heavy atom. The van der Waals surface area contributed by atoms with Gasteiger partial charge in [0.05, 0.1) is 12.5 Å². The molecule has 0 aliphatic rings. The van der Waals surface area contributed by atoms with Crippen LogP contribution in [0.2, 0.25) is 0 Å². The van der Waals surface area contributed by atoms with E-state index in [1.165, 1.54) is 0 Å². The molecule has 1 atom stereocenters. The van der Waals surface area contributed by atoms with Gasteiger partial charge in [0.1, 0.15) is 5.75 Å². The highest BCUT2D eigenvalue weighted by molar-refractivity contribution is 5.87. The second kappa shape index (κ2) is 7.64. The van der Waals surface area contributed by atoms with Crippen molar-refractivity contribution in [2.24, 2.45) is 11.5 Å². The maximum Gasteiger partial charge on any atom is 0.240 e. The molecule has 2 amide bonds. The minimum Gasteiger partial charge on any atom is -0.508 e. The molecule has 0 aromatic heterocycles. The van der Waals surface area contributed by atoms with Crippen molar-refractivity contribution in [3.63, 3.8) is 0 Å². The molecule has 0 fully saturated rings. The fourth-order valence-electron chi connectivity index (χ4n) is 2.05. The van der Waals surface area contributed by atoms with Gasteiger partial charge in [-0.2, -0.15) is 0 Å². The molecule has 1 rings (SSSR count). The number of aromatic hydroxyl groups is 1. The van der Waals surface area contributed by atoms with Crippen LogP contribution in [0.1, 0.15) is 25.8 Å². The van der Waals surface area contributed by atoms with Crippen molar-refractivity contribution in [1.29, 1.82) is 0 Å². The summed E-state index contributed by atoms with van der Waals surface area (Å²) in [4.78, 5) is 24.8. The number of carbonyl (C=O) groups excluding carboxylic acids is 2. The standard InChI is InChI=1S/C15H23N3O3/c1-10(2)18(15(21)13(16)9-14(17)20)8-7-11-3-5-12(19)6-4-11/h3-6,10,13,19H,7-9,16H2,1-2H3,(H2,17,20)/t13-/m1/s1. The van der Waals surface area contributed by atoms with Gasteiger partial charge in [-0.1, -0.05) is 12.1 Å². The van der Waals surface area contributed by atoms with Crippen LogP contribution in [0, 0.1) is 0 Å². The number of hydrogen-bond donors (Lipinski definition) is 3. The first kappa shape index (κ1) is 17.0. The van der Waals surface area contributed by atoms with Crippen molar-refractivity contribution < 1.29 is 14.7 Å². The third kappa shape index (κ3) is 5.43. The van der Waals surface area contributed by atoms with Gasteiger partial charge in [-0.25, -0.2) is 0 Å². The molecule has 0 spiro atoms. The number of phenols is 1. The van der Waals surface area contributed by atoms with Crippen LogP contribution in [0.3, 0.4) is 0 Å². The summed E-state index contributed by atoms with van der Waals surface area (Å²) in [6, 6.07) is 5.91. The lowest BCUT2D eigenvalue weighted by atomic mass is 10.1. The molecule has 0 radical (unpaired) electrons. The van der Waals surface area contributed by atoms with Gasteiger partial charge in [0, 0.05) is 12.6 Å². The molecule has 5 N–H and O–H groups in total. The fraction of sp³-hybridized carbons (Fsp3) is 0.467. The van der Waals surface area contributed by atoms with E-state index in [-0.39, 0.29) is 24.1 Å². The lowest BCUT2D eigenvalue weighted by Crippen LogP contribution is -2.49. The van der Waals surface area contributed by atoms with Crippen molar-refractivity contribution in [1.82, 2.24) is 4.90 Å².